The third kappa shape index (κ3) is 4.97. The van der Waals surface area contributed by atoms with E-state index in [9.17, 15) is 17.6 Å². The standard InChI is InChI=1S/C16H21ClF4N2.ClH/c1-10(2)9-13(23-7-5-22-6-8-23)14-11(16(19,20)21)3-4-12(17)15(14)18;/h3-4,10,13,22H,5-9H2,1-2H3;1H/t13-;/m1./s1. The first kappa shape index (κ1) is 21.5. The van der Waals surface area contributed by atoms with Crippen LogP contribution in [0, 0.1) is 11.7 Å². The number of hydrogen-bond acceptors (Lipinski definition) is 2. The van der Waals surface area contributed by atoms with E-state index in [1.54, 1.807) is 0 Å². The zero-order valence-electron chi connectivity index (χ0n) is 13.6. The molecule has 0 unspecified atom stereocenters. The van der Waals surface area contributed by atoms with Crippen LogP contribution < -0.4 is 5.32 Å². The monoisotopic (exact) mass is 388 g/mol. The van der Waals surface area contributed by atoms with Crippen LogP contribution in [0.15, 0.2) is 12.1 Å². The lowest BCUT2D eigenvalue weighted by molar-refractivity contribution is -0.139. The van der Waals surface area contributed by atoms with Gasteiger partial charge in [0.1, 0.15) is 5.82 Å². The van der Waals surface area contributed by atoms with Gasteiger partial charge in [0.25, 0.3) is 0 Å². The summed E-state index contributed by atoms with van der Waals surface area (Å²) in [5, 5.41) is 2.89. The van der Waals surface area contributed by atoms with E-state index in [4.69, 9.17) is 11.6 Å². The minimum Gasteiger partial charge on any atom is -0.314 e. The number of benzene rings is 1. The lowest BCUT2D eigenvalue weighted by Crippen LogP contribution is -2.46. The number of nitrogens with one attached hydrogen (secondary N) is 1. The molecule has 0 saturated carbocycles. The van der Waals surface area contributed by atoms with E-state index in [-0.39, 0.29) is 28.9 Å². The van der Waals surface area contributed by atoms with Crippen LogP contribution in [0.4, 0.5) is 17.6 Å². The molecule has 0 spiro atoms. The van der Waals surface area contributed by atoms with Gasteiger partial charge in [-0.05, 0) is 24.5 Å². The number of alkyl halides is 3. The molecular weight excluding hydrogens is 367 g/mol. The molecule has 0 bridgehead atoms. The highest BCUT2D eigenvalue weighted by atomic mass is 35.5. The fraction of sp³-hybridized carbons (Fsp3) is 0.625. The third-order valence-corrected chi connectivity index (χ3v) is 4.35. The van der Waals surface area contributed by atoms with Gasteiger partial charge in [0, 0.05) is 37.8 Å². The minimum absolute atomic E-state index is 0. The van der Waals surface area contributed by atoms with Crippen LogP contribution in [0.5, 0.6) is 0 Å². The summed E-state index contributed by atoms with van der Waals surface area (Å²) < 4.78 is 54.7. The molecule has 1 atom stereocenters. The van der Waals surface area contributed by atoms with E-state index in [2.05, 4.69) is 5.32 Å². The van der Waals surface area contributed by atoms with E-state index in [0.717, 1.165) is 12.1 Å². The lowest BCUT2D eigenvalue weighted by atomic mass is 9.91. The summed E-state index contributed by atoms with van der Waals surface area (Å²) in [4.78, 5) is 1.92. The zero-order valence-corrected chi connectivity index (χ0v) is 15.2. The molecule has 8 heteroatoms. The van der Waals surface area contributed by atoms with Crippen LogP contribution in [0.1, 0.15) is 37.4 Å². The highest BCUT2D eigenvalue weighted by Crippen LogP contribution is 2.41. The Morgan fingerprint density at radius 2 is 1.79 bits per heavy atom. The molecule has 138 valence electrons. The molecule has 0 radical (unpaired) electrons. The van der Waals surface area contributed by atoms with E-state index >= 15 is 0 Å². The molecule has 1 saturated heterocycles. The van der Waals surface area contributed by atoms with Crippen molar-refractivity contribution < 1.29 is 17.6 Å². The fourth-order valence-electron chi connectivity index (χ4n) is 3.03. The van der Waals surface area contributed by atoms with Crippen molar-refractivity contribution in [3.05, 3.63) is 34.1 Å². The molecule has 1 aromatic carbocycles. The van der Waals surface area contributed by atoms with Crippen LogP contribution >= 0.6 is 24.0 Å². The Labute approximate surface area is 151 Å². The van der Waals surface area contributed by atoms with Gasteiger partial charge in [0.2, 0.25) is 0 Å². The van der Waals surface area contributed by atoms with Crippen molar-refractivity contribution in [3.8, 4) is 0 Å². The van der Waals surface area contributed by atoms with Gasteiger partial charge in [-0.2, -0.15) is 13.2 Å². The van der Waals surface area contributed by atoms with Crippen molar-refractivity contribution in [2.45, 2.75) is 32.5 Å². The number of piperazine rings is 1. The van der Waals surface area contributed by atoms with Gasteiger partial charge >= 0.3 is 6.18 Å². The smallest absolute Gasteiger partial charge is 0.314 e. The molecule has 2 nitrogen and oxygen atoms in total. The van der Waals surface area contributed by atoms with Gasteiger partial charge in [-0.3, -0.25) is 4.90 Å². The molecule has 1 heterocycles. The van der Waals surface area contributed by atoms with Crippen LogP contribution in [0.3, 0.4) is 0 Å². The van der Waals surface area contributed by atoms with Crippen molar-refractivity contribution in [1.29, 1.82) is 0 Å². The third-order valence-electron chi connectivity index (χ3n) is 4.06. The van der Waals surface area contributed by atoms with Gasteiger partial charge < -0.3 is 5.32 Å². The number of halogens is 6. The van der Waals surface area contributed by atoms with Crippen molar-refractivity contribution in [2.24, 2.45) is 5.92 Å². The van der Waals surface area contributed by atoms with Gasteiger partial charge in [-0.15, -0.1) is 12.4 Å². The topological polar surface area (TPSA) is 15.3 Å². The quantitative estimate of drug-likeness (QED) is 0.736. The van der Waals surface area contributed by atoms with E-state index in [0.29, 0.717) is 32.6 Å². The Kier molecular flexibility index (Phi) is 7.78. The minimum atomic E-state index is -4.61. The van der Waals surface area contributed by atoms with E-state index < -0.39 is 23.6 Å². The first-order valence-electron chi connectivity index (χ1n) is 7.71. The molecule has 1 aliphatic rings. The number of nitrogens with zero attached hydrogens (tertiary/aromatic N) is 1. The highest BCUT2D eigenvalue weighted by Gasteiger charge is 2.39. The Balaban J connectivity index is 0.00000288. The van der Waals surface area contributed by atoms with Crippen LogP contribution in [0.2, 0.25) is 5.02 Å². The maximum Gasteiger partial charge on any atom is 0.416 e. The molecule has 1 aliphatic heterocycles. The average Bonchev–Trinajstić information content (AvgIpc) is 2.47. The molecule has 0 aromatic heterocycles. The molecule has 1 N–H and O–H groups in total. The predicted octanol–water partition coefficient (Wildman–Crippen LogP) is 4.91. The van der Waals surface area contributed by atoms with Gasteiger partial charge in [-0.1, -0.05) is 25.4 Å². The molecule has 0 aliphatic carbocycles. The maximum absolute atomic E-state index is 14.6. The van der Waals surface area contributed by atoms with Crippen molar-refractivity contribution >= 4 is 24.0 Å². The fourth-order valence-corrected chi connectivity index (χ4v) is 3.19. The molecule has 24 heavy (non-hydrogen) atoms. The summed E-state index contributed by atoms with van der Waals surface area (Å²) >= 11 is 5.78. The summed E-state index contributed by atoms with van der Waals surface area (Å²) in [5.41, 5.74) is -1.25. The van der Waals surface area contributed by atoms with Crippen molar-refractivity contribution in [2.75, 3.05) is 26.2 Å². The molecule has 1 aromatic rings. The second-order valence-electron chi connectivity index (χ2n) is 6.25. The molecule has 2 rings (SSSR count). The summed E-state index contributed by atoms with van der Waals surface area (Å²) in [6.45, 7) is 6.37. The predicted molar refractivity (Wildman–Crippen MR) is 90.3 cm³/mol. The zero-order chi connectivity index (χ0) is 17.2. The normalized spacial score (nSPS) is 17.7. The van der Waals surface area contributed by atoms with Gasteiger partial charge in [0.05, 0.1) is 10.6 Å². The van der Waals surface area contributed by atoms with Crippen molar-refractivity contribution in [1.82, 2.24) is 10.2 Å². The summed E-state index contributed by atoms with van der Waals surface area (Å²) in [5.74, 6) is -0.819. The van der Waals surface area contributed by atoms with Crippen LogP contribution in [-0.4, -0.2) is 31.1 Å². The van der Waals surface area contributed by atoms with E-state index in [1.165, 1.54) is 0 Å². The molecule has 0 amide bonds. The number of rotatable bonds is 4. The van der Waals surface area contributed by atoms with Gasteiger partial charge in [-0.25, -0.2) is 4.39 Å². The van der Waals surface area contributed by atoms with Crippen LogP contribution in [0.25, 0.3) is 0 Å². The largest absolute Gasteiger partial charge is 0.416 e. The van der Waals surface area contributed by atoms with Crippen molar-refractivity contribution in [3.63, 3.8) is 0 Å². The Hall–Kier alpha value is -0.560. The van der Waals surface area contributed by atoms with E-state index in [1.807, 2.05) is 18.7 Å². The maximum atomic E-state index is 14.6. The Morgan fingerprint density at radius 1 is 1.21 bits per heavy atom. The summed E-state index contributed by atoms with van der Waals surface area (Å²) in [7, 11) is 0. The number of hydrogen-bond donors (Lipinski definition) is 1. The second-order valence-corrected chi connectivity index (χ2v) is 6.66. The summed E-state index contributed by atoms with van der Waals surface area (Å²) in [6, 6.07) is 1.23. The Morgan fingerprint density at radius 3 is 2.29 bits per heavy atom. The molecule has 1 fully saturated rings. The first-order chi connectivity index (χ1) is 10.7. The van der Waals surface area contributed by atoms with Gasteiger partial charge in [0.15, 0.2) is 0 Å². The molecular formula is C16H22Cl2F4N2. The first-order valence-corrected chi connectivity index (χ1v) is 8.09. The van der Waals surface area contributed by atoms with Crippen LogP contribution in [-0.2, 0) is 6.18 Å². The highest BCUT2D eigenvalue weighted by molar-refractivity contribution is 6.30. The lowest BCUT2D eigenvalue weighted by Gasteiger charge is -2.37. The SMILES string of the molecule is CC(C)C[C@H](c1c(C(F)(F)F)ccc(Cl)c1F)N1CCNCC1.Cl. The summed E-state index contributed by atoms with van der Waals surface area (Å²) in [6.07, 6.45) is -4.16. The second kappa shape index (κ2) is 8.70. The average molecular weight is 389 g/mol. The Bertz CT molecular complexity index is 544.